The standard InChI is InChI=1S/C46H90O3/c1-43(35-31-27-23-19-15-11-7-3-5-9-13-17-21-25-29-33-37-45-39-41-47-45)49-44(2)36-32-28-24-20-16-12-8-4-6-10-14-18-22-26-30-34-38-46-40-42-48-46/h43-46H,3-42H2,1-2H3. The van der Waals surface area contributed by atoms with E-state index in [4.69, 9.17) is 14.2 Å². The molecule has 2 aliphatic rings. The van der Waals surface area contributed by atoms with Crippen molar-refractivity contribution in [2.24, 2.45) is 0 Å². The molecule has 0 aromatic carbocycles. The molecule has 0 amide bonds. The van der Waals surface area contributed by atoms with Gasteiger partial charge in [0, 0.05) is 13.2 Å². The molecule has 2 saturated heterocycles. The van der Waals surface area contributed by atoms with Crippen LogP contribution in [0.5, 0.6) is 0 Å². The van der Waals surface area contributed by atoms with Crippen LogP contribution in [0.25, 0.3) is 0 Å². The molecule has 3 nitrogen and oxygen atoms in total. The van der Waals surface area contributed by atoms with E-state index in [1.165, 1.54) is 244 Å². The fourth-order valence-electron chi connectivity index (χ4n) is 8.11. The minimum Gasteiger partial charge on any atom is -0.378 e. The SMILES string of the molecule is CC(CCCCCCCCCCCCCCCCCCC1CCO1)OC(C)CCCCCCCCCCCCCCCCCCC1CCO1. The van der Waals surface area contributed by atoms with Gasteiger partial charge in [0.2, 0.25) is 0 Å². The molecule has 3 heteroatoms. The van der Waals surface area contributed by atoms with Crippen LogP contribution in [-0.2, 0) is 14.2 Å². The van der Waals surface area contributed by atoms with Gasteiger partial charge in [-0.3, -0.25) is 0 Å². The van der Waals surface area contributed by atoms with Gasteiger partial charge in [-0.15, -0.1) is 0 Å². The number of ether oxygens (including phenoxy) is 3. The lowest BCUT2D eigenvalue weighted by atomic mass is 10.0. The van der Waals surface area contributed by atoms with Crippen molar-refractivity contribution in [1.29, 1.82) is 0 Å². The first-order chi connectivity index (χ1) is 24.2. The van der Waals surface area contributed by atoms with Crippen LogP contribution >= 0.6 is 0 Å². The summed E-state index contributed by atoms with van der Waals surface area (Å²) in [5.74, 6) is 0. The second-order valence-corrected chi connectivity index (χ2v) is 16.8. The van der Waals surface area contributed by atoms with E-state index >= 15 is 0 Å². The average Bonchev–Trinajstić information content (AvgIpc) is 3.05. The van der Waals surface area contributed by atoms with Crippen LogP contribution in [-0.4, -0.2) is 37.6 Å². The summed E-state index contributed by atoms with van der Waals surface area (Å²) in [4.78, 5) is 0. The third kappa shape index (κ3) is 30.1. The van der Waals surface area contributed by atoms with Crippen molar-refractivity contribution in [3.63, 3.8) is 0 Å². The van der Waals surface area contributed by atoms with Gasteiger partial charge >= 0.3 is 0 Å². The highest BCUT2D eigenvalue weighted by molar-refractivity contribution is 4.67. The summed E-state index contributed by atoms with van der Waals surface area (Å²) in [6.07, 6.45) is 55.9. The lowest BCUT2D eigenvalue weighted by molar-refractivity contribution is -0.0557. The van der Waals surface area contributed by atoms with Crippen molar-refractivity contribution in [3.8, 4) is 0 Å². The zero-order valence-electron chi connectivity index (χ0n) is 33.8. The molecule has 0 saturated carbocycles. The normalized spacial score (nSPS) is 18.7. The predicted molar refractivity (Wildman–Crippen MR) is 215 cm³/mol. The summed E-state index contributed by atoms with van der Waals surface area (Å²) in [5.41, 5.74) is 0. The molecule has 4 atom stereocenters. The Labute approximate surface area is 308 Å². The maximum Gasteiger partial charge on any atom is 0.0597 e. The first kappa shape index (κ1) is 45.0. The lowest BCUT2D eigenvalue weighted by Gasteiger charge is -2.26. The van der Waals surface area contributed by atoms with Crippen LogP contribution in [0.4, 0.5) is 0 Å². The van der Waals surface area contributed by atoms with Gasteiger partial charge in [0.15, 0.2) is 0 Å². The Bertz CT molecular complexity index is 590. The van der Waals surface area contributed by atoms with Gasteiger partial charge in [0.25, 0.3) is 0 Å². The number of unbranched alkanes of at least 4 members (excludes halogenated alkanes) is 30. The third-order valence-electron chi connectivity index (χ3n) is 11.8. The van der Waals surface area contributed by atoms with Gasteiger partial charge in [0.1, 0.15) is 0 Å². The van der Waals surface area contributed by atoms with Crippen molar-refractivity contribution in [3.05, 3.63) is 0 Å². The third-order valence-corrected chi connectivity index (χ3v) is 11.8. The first-order valence-electron chi connectivity index (χ1n) is 23.1. The fourth-order valence-corrected chi connectivity index (χ4v) is 8.11. The summed E-state index contributed by atoms with van der Waals surface area (Å²) in [5, 5.41) is 0. The second kappa shape index (κ2) is 34.9. The fraction of sp³-hybridized carbons (Fsp3) is 1.00. The Morgan fingerprint density at radius 2 is 0.551 bits per heavy atom. The molecular formula is C46H90O3. The highest BCUT2D eigenvalue weighted by Gasteiger charge is 2.17. The zero-order chi connectivity index (χ0) is 34.7. The van der Waals surface area contributed by atoms with E-state index in [1.807, 2.05) is 0 Å². The number of rotatable bonds is 40. The van der Waals surface area contributed by atoms with E-state index in [1.54, 1.807) is 0 Å². The van der Waals surface area contributed by atoms with E-state index in [-0.39, 0.29) is 0 Å². The molecule has 2 fully saturated rings. The lowest BCUT2D eigenvalue weighted by Crippen LogP contribution is -2.26. The molecule has 0 aromatic heterocycles. The van der Waals surface area contributed by atoms with E-state index in [0.717, 1.165) is 13.2 Å². The summed E-state index contributed by atoms with van der Waals surface area (Å²) in [6.45, 7) is 6.63. The van der Waals surface area contributed by atoms with Gasteiger partial charge in [-0.1, -0.05) is 205 Å². The summed E-state index contributed by atoms with van der Waals surface area (Å²) >= 11 is 0. The Morgan fingerprint density at radius 3 is 0.755 bits per heavy atom. The smallest absolute Gasteiger partial charge is 0.0597 e. The minimum absolute atomic E-state index is 0.435. The van der Waals surface area contributed by atoms with Crippen molar-refractivity contribution in [1.82, 2.24) is 0 Å². The van der Waals surface area contributed by atoms with Crippen molar-refractivity contribution >= 4 is 0 Å². The van der Waals surface area contributed by atoms with Crippen molar-refractivity contribution in [2.75, 3.05) is 13.2 Å². The quantitative estimate of drug-likeness (QED) is 0.0599. The molecule has 0 bridgehead atoms. The summed E-state index contributed by atoms with van der Waals surface area (Å²) < 4.78 is 17.3. The Kier molecular flexibility index (Phi) is 32.1. The van der Waals surface area contributed by atoms with E-state index in [0.29, 0.717) is 24.4 Å². The minimum atomic E-state index is 0.435. The molecule has 0 radical (unpaired) electrons. The maximum absolute atomic E-state index is 6.33. The topological polar surface area (TPSA) is 27.7 Å². The van der Waals surface area contributed by atoms with Crippen molar-refractivity contribution < 1.29 is 14.2 Å². The van der Waals surface area contributed by atoms with E-state index < -0.39 is 0 Å². The molecular weight excluding hydrogens is 601 g/mol. The largest absolute Gasteiger partial charge is 0.378 e. The van der Waals surface area contributed by atoms with Gasteiger partial charge in [-0.25, -0.2) is 0 Å². The van der Waals surface area contributed by atoms with E-state index in [9.17, 15) is 0 Å². The average molecular weight is 691 g/mol. The van der Waals surface area contributed by atoms with Crippen LogP contribution in [0.2, 0.25) is 0 Å². The number of hydrogen-bond acceptors (Lipinski definition) is 3. The summed E-state index contributed by atoms with van der Waals surface area (Å²) in [6, 6.07) is 0. The molecule has 292 valence electrons. The molecule has 0 aliphatic carbocycles. The molecule has 4 unspecified atom stereocenters. The van der Waals surface area contributed by atoms with Crippen LogP contribution in [0.15, 0.2) is 0 Å². The predicted octanol–water partition coefficient (Wildman–Crippen LogP) is 15.4. The van der Waals surface area contributed by atoms with Gasteiger partial charge < -0.3 is 14.2 Å². The molecule has 49 heavy (non-hydrogen) atoms. The van der Waals surface area contributed by atoms with Gasteiger partial charge in [-0.2, -0.15) is 0 Å². The van der Waals surface area contributed by atoms with Crippen molar-refractivity contribution in [2.45, 2.75) is 282 Å². The number of hydrogen-bond donors (Lipinski definition) is 0. The monoisotopic (exact) mass is 691 g/mol. The molecule has 2 rings (SSSR count). The highest BCUT2D eigenvalue weighted by atomic mass is 16.5. The van der Waals surface area contributed by atoms with Crippen LogP contribution in [0.1, 0.15) is 258 Å². The van der Waals surface area contributed by atoms with Gasteiger partial charge in [-0.05, 0) is 52.4 Å². The molecule has 2 heterocycles. The first-order valence-corrected chi connectivity index (χ1v) is 23.1. The molecule has 2 aliphatic heterocycles. The van der Waals surface area contributed by atoms with Crippen LogP contribution in [0.3, 0.4) is 0 Å². The van der Waals surface area contributed by atoms with E-state index in [2.05, 4.69) is 13.8 Å². The molecule has 0 N–H and O–H groups in total. The maximum atomic E-state index is 6.33. The molecule has 0 aromatic rings. The van der Waals surface area contributed by atoms with Crippen LogP contribution < -0.4 is 0 Å². The van der Waals surface area contributed by atoms with Gasteiger partial charge in [0.05, 0.1) is 24.4 Å². The Hall–Kier alpha value is -0.120. The Balaban J connectivity index is 1.17. The second-order valence-electron chi connectivity index (χ2n) is 16.8. The van der Waals surface area contributed by atoms with Crippen LogP contribution in [0, 0.1) is 0 Å². The highest BCUT2D eigenvalue weighted by Crippen LogP contribution is 2.21. The summed E-state index contributed by atoms with van der Waals surface area (Å²) in [7, 11) is 0. The molecule has 0 spiro atoms. The Morgan fingerprint density at radius 1 is 0.347 bits per heavy atom. The zero-order valence-corrected chi connectivity index (χ0v) is 33.8.